The molecule has 3 rings (SSSR count). The van der Waals surface area contributed by atoms with E-state index in [0.717, 1.165) is 30.6 Å². The van der Waals surface area contributed by atoms with Gasteiger partial charge in [0.05, 0.1) is 6.10 Å². The Balaban J connectivity index is 1.40. The van der Waals surface area contributed by atoms with Crippen LogP contribution in [-0.2, 0) is 9.53 Å². The third-order valence-corrected chi connectivity index (χ3v) is 4.46. The maximum absolute atomic E-state index is 12.2. The normalized spacial score (nSPS) is 15.6. The average Bonchev–Trinajstić information content (AvgIpc) is 3.22. The summed E-state index contributed by atoms with van der Waals surface area (Å²) in [4.78, 5) is 24.1. The molecule has 7 nitrogen and oxygen atoms in total. The van der Waals surface area contributed by atoms with Crippen molar-refractivity contribution >= 4 is 11.8 Å². The highest BCUT2D eigenvalue weighted by Crippen LogP contribution is 2.17. The Bertz CT molecular complexity index is 825. The number of carbonyl (C=O) groups is 2. The molecule has 1 unspecified atom stereocenters. The van der Waals surface area contributed by atoms with E-state index in [4.69, 9.17) is 14.2 Å². The first kappa shape index (κ1) is 20.7. The van der Waals surface area contributed by atoms with E-state index in [2.05, 4.69) is 10.9 Å². The first-order valence-electron chi connectivity index (χ1n) is 9.64. The van der Waals surface area contributed by atoms with Crippen LogP contribution in [0.15, 0.2) is 42.5 Å². The van der Waals surface area contributed by atoms with Gasteiger partial charge in [0, 0.05) is 12.2 Å². The van der Waals surface area contributed by atoms with Gasteiger partial charge in [-0.1, -0.05) is 6.07 Å². The summed E-state index contributed by atoms with van der Waals surface area (Å²) >= 11 is 0. The molecule has 0 spiro atoms. The molecular weight excluding hydrogens is 372 g/mol. The van der Waals surface area contributed by atoms with Gasteiger partial charge in [0.2, 0.25) is 0 Å². The monoisotopic (exact) mass is 398 g/mol. The van der Waals surface area contributed by atoms with Crippen molar-refractivity contribution in [3.63, 3.8) is 0 Å². The van der Waals surface area contributed by atoms with Crippen LogP contribution in [0.1, 0.15) is 34.3 Å². The lowest BCUT2D eigenvalue weighted by molar-refractivity contribution is -0.123. The Hall–Kier alpha value is -3.06. The van der Waals surface area contributed by atoms with Crippen LogP contribution in [0.4, 0.5) is 0 Å². The molecule has 1 aliphatic heterocycles. The van der Waals surface area contributed by atoms with Gasteiger partial charge in [-0.3, -0.25) is 20.4 Å². The minimum Gasteiger partial charge on any atom is -0.491 e. The molecule has 1 atom stereocenters. The number of hydrogen-bond acceptors (Lipinski definition) is 5. The van der Waals surface area contributed by atoms with Crippen molar-refractivity contribution in [2.75, 3.05) is 19.8 Å². The summed E-state index contributed by atoms with van der Waals surface area (Å²) in [5.74, 6) is 0.412. The molecule has 29 heavy (non-hydrogen) atoms. The quantitative estimate of drug-likeness (QED) is 0.701. The molecule has 1 aliphatic rings. The summed E-state index contributed by atoms with van der Waals surface area (Å²) in [6.45, 7) is 5.01. The van der Waals surface area contributed by atoms with Crippen LogP contribution < -0.4 is 20.3 Å². The minimum atomic E-state index is -0.450. The Morgan fingerprint density at radius 1 is 1.00 bits per heavy atom. The highest BCUT2D eigenvalue weighted by molar-refractivity contribution is 5.95. The summed E-state index contributed by atoms with van der Waals surface area (Å²) in [5.41, 5.74) is 7.23. The summed E-state index contributed by atoms with van der Waals surface area (Å²) in [7, 11) is 0. The Kier molecular flexibility index (Phi) is 7.08. The predicted molar refractivity (Wildman–Crippen MR) is 108 cm³/mol. The molecule has 154 valence electrons. The fourth-order valence-electron chi connectivity index (χ4n) is 3.07. The van der Waals surface area contributed by atoms with E-state index in [1.165, 1.54) is 0 Å². The lowest BCUT2D eigenvalue weighted by Crippen LogP contribution is -2.43. The van der Waals surface area contributed by atoms with Gasteiger partial charge >= 0.3 is 0 Å². The van der Waals surface area contributed by atoms with Gasteiger partial charge in [-0.25, -0.2) is 0 Å². The first-order valence-corrected chi connectivity index (χ1v) is 9.64. The third kappa shape index (κ3) is 6.50. The molecule has 0 aliphatic carbocycles. The molecule has 2 aromatic rings. The highest BCUT2D eigenvalue weighted by atomic mass is 16.5. The predicted octanol–water partition coefficient (Wildman–Crippen LogP) is 2.70. The number of hydrogen-bond donors (Lipinski definition) is 2. The van der Waals surface area contributed by atoms with Gasteiger partial charge in [0.1, 0.15) is 18.1 Å². The minimum absolute atomic E-state index is 0.138. The molecule has 1 heterocycles. The zero-order chi connectivity index (χ0) is 20.6. The van der Waals surface area contributed by atoms with Crippen molar-refractivity contribution in [3.05, 3.63) is 59.2 Å². The van der Waals surface area contributed by atoms with E-state index in [1.807, 2.05) is 32.0 Å². The van der Waals surface area contributed by atoms with Crippen LogP contribution in [0.2, 0.25) is 0 Å². The number of benzene rings is 2. The largest absolute Gasteiger partial charge is 0.491 e. The number of nitrogens with one attached hydrogen (secondary N) is 2. The van der Waals surface area contributed by atoms with Crippen molar-refractivity contribution in [2.24, 2.45) is 0 Å². The number of amides is 2. The molecule has 2 N–H and O–H groups in total. The second-order valence-corrected chi connectivity index (χ2v) is 7.08. The molecule has 7 heteroatoms. The van der Waals surface area contributed by atoms with Crippen molar-refractivity contribution < 1.29 is 23.8 Å². The lowest BCUT2D eigenvalue weighted by Gasteiger charge is -2.12. The number of ether oxygens (including phenoxy) is 3. The standard InChI is InChI=1S/C22H26N2O5/c1-15-10-16(2)12-20(11-15)29-14-21(25)23-24-22(26)17-5-7-18(8-6-17)28-13-19-4-3-9-27-19/h5-8,10-12,19H,3-4,9,13-14H2,1-2H3,(H,23,25)(H,24,26). The summed E-state index contributed by atoms with van der Waals surface area (Å²) in [6, 6.07) is 12.4. The SMILES string of the molecule is Cc1cc(C)cc(OCC(=O)NNC(=O)c2ccc(OCC3CCCO3)cc2)c1. The van der Waals surface area contributed by atoms with Crippen LogP contribution in [0.3, 0.4) is 0 Å². The van der Waals surface area contributed by atoms with Crippen LogP contribution in [0.5, 0.6) is 11.5 Å². The van der Waals surface area contributed by atoms with Gasteiger partial charge < -0.3 is 14.2 Å². The van der Waals surface area contributed by atoms with Crippen molar-refractivity contribution in [2.45, 2.75) is 32.8 Å². The topological polar surface area (TPSA) is 85.9 Å². The van der Waals surface area contributed by atoms with Gasteiger partial charge in [-0.05, 0) is 74.2 Å². The molecule has 0 aromatic heterocycles. The number of hydrazine groups is 1. The van der Waals surface area contributed by atoms with Crippen LogP contribution in [0, 0.1) is 13.8 Å². The van der Waals surface area contributed by atoms with E-state index in [-0.39, 0.29) is 12.7 Å². The van der Waals surface area contributed by atoms with Crippen LogP contribution >= 0.6 is 0 Å². The summed E-state index contributed by atoms with van der Waals surface area (Å²) in [5, 5.41) is 0. The smallest absolute Gasteiger partial charge is 0.276 e. The van der Waals surface area contributed by atoms with Gasteiger partial charge in [0.15, 0.2) is 6.61 Å². The molecule has 2 aromatic carbocycles. The molecule has 1 fully saturated rings. The van der Waals surface area contributed by atoms with Crippen molar-refractivity contribution in [3.8, 4) is 11.5 Å². The van der Waals surface area contributed by atoms with E-state index in [1.54, 1.807) is 24.3 Å². The Labute approximate surface area is 170 Å². The average molecular weight is 398 g/mol. The maximum Gasteiger partial charge on any atom is 0.276 e. The maximum atomic E-state index is 12.2. The molecule has 0 radical (unpaired) electrons. The van der Waals surface area contributed by atoms with Gasteiger partial charge in [0.25, 0.3) is 11.8 Å². The molecule has 1 saturated heterocycles. The lowest BCUT2D eigenvalue weighted by atomic mass is 10.1. The first-order chi connectivity index (χ1) is 14.0. The van der Waals surface area contributed by atoms with Crippen molar-refractivity contribution in [1.82, 2.24) is 10.9 Å². The zero-order valence-electron chi connectivity index (χ0n) is 16.7. The second kappa shape index (κ2) is 9.93. The molecule has 0 bridgehead atoms. The molecule has 2 amide bonds. The highest BCUT2D eigenvalue weighted by Gasteiger charge is 2.16. The fraction of sp³-hybridized carbons (Fsp3) is 0.364. The zero-order valence-corrected chi connectivity index (χ0v) is 16.7. The van der Waals surface area contributed by atoms with Gasteiger partial charge in [-0.2, -0.15) is 0 Å². The van der Waals surface area contributed by atoms with E-state index >= 15 is 0 Å². The summed E-state index contributed by atoms with van der Waals surface area (Å²) in [6.07, 6.45) is 2.21. The Morgan fingerprint density at radius 3 is 2.38 bits per heavy atom. The second-order valence-electron chi connectivity index (χ2n) is 7.08. The van der Waals surface area contributed by atoms with Crippen LogP contribution in [-0.4, -0.2) is 37.7 Å². The summed E-state index contributed by atoms with van der Waals surface area (Å²) < 4.78 is 16.6. The Morgan fingerprint density at radius 2 is 1.72 bits per heavy atom. The van der Waals surface area contributed by atoms with E-state index < -0.39 is 11.8 Å². The van der Waals surface area contributed by atoms with Crippen LogP contribution in [0.25, 0.3) is 0 Å². The third-order valence-electron chi connectivity index (χ3n) is 4.46. The van der Waals surface area contributed by atoms with E-state index in [0.29, 0.717) is 23.7 Å². The number of aryl methyl sites for hydroxylation is 2. The molecule has 0 saturated carbocycles. The molecular formula is C22H26N2O5. The van der Waals surface area contributed by atoms with Gasteiger partial charge in [-0.15, -0.1) is 0 Å². The van der Waals surface area contributed by atoms with E-state index in [9.17, 15) is 9.59 Å². The number of rotatable bonds is 7. The fourth-order valence-corrected chi connectivity index (χ4v) is 3.07. The van der Waals surface area contributed by atoms with Crippen molar-refractivity contribution in [1.29, 1.82) is 0 Å². The number of carbonyl (C=O) groups excluding carboxylic acids is 2.